The van der Waals surface area contributed by atoms with Crippen molar-refractivity contribution in [2.45, 2.75) is 24.9 Å². The summed E-state index contributed by atoms with van der Waals surface area (Å²) in [6.45, 7) is 0.670. The Labute approximate surface area is 105 Å². The summed E-state index contributed by atoms with van der Waals surface area (Å²) < 4.78 is 5.52. The number of hydrogen-bond acceptors (Lipinski definition) is 4. The van der Waals surface area contributed by atoms with Gasteiger partial charge in [0, 0.05) is 18.2 Å². The maximum absolute atomic E-state index is 5.62. The molecule has 0 amide bonds. The average Bonchev–Trinajstić information content (AvgIpc) is 2.86. The molecule has 0 unspecified atom stereocenters. The molecule has 6 heteroatoms. The summed E-state index contributed by atoms with van der Waals surface area (Å²) in [5, 5.41) is 11.5. The lowest BCUT2D eigenvalue weighted by atomic mass is 10.2. The van der Waals surface area contributed by atoms with Crippen molar-refractivity contribution in [3.8, 4) is 5.88 Å². The van der Waals surface area contributed by atoms with Crippen LogP contribution in [0.15, 0.2) is 12.1 Å². The molecule has 2 heterocycles. The van der Waals surface area contributed by atoms with Crippen LogP contribution in [0.25, 0.3) is 0 Å². The van der Waals surface area contributed by atoms with Gasteiger partial charge in [0.2, 0.25) is 5.88 Å². The first-order valence-corrected chi connectivity index (χ1v) is 5.57. The third kappa shape index (κ3) is 2.56. The van der Waals surface area contributed by atoms with Gasteiger partial charge in [0.1, 0.15) is 6.61 Å². The Morgan fingerprint density at radius 3 is 2.88 bits per heavy atom. The topological polar surface area (TPSA) is 47.0 Å². The highest BCUT2D eigenvalue weighted by atomic mass is 35.5. The third-order valence-corrected chi connectivity index (χ3v) is 3.20. The number of nitrogens with zero attached hydrogens (tertiary/aromatic N) is 2. The van der Waals surface area contributed by atoms with Crippen molar-refractivity contribution >= 4 is 24.0 Å². The van der Waals surface area contributed by atoms with E-state index in [0.717, 1.165) is 12.0 Å². The predicted octanol–water partition coefficient (Wildman–Crippen LogP) is 1.68. The van der Waals surface area contributed by atoms with Gasteiger partial charge in [0.15, 0.2) is 5.15 Å². The molecule has 0 spiro atoms. The number of aromatic nitrogens is 2. The van der Waals surface area contributed by atoms with Crippen molar-refractivity contribution in [1.82, 2.24) is 15.5 Å². The SMILES string of the molecule is Cl.Clc1ccc(OC[C@@H]2C[C@H]3C[C@H]3N2)nn1. The average molecular weight is 262 g/mol. The van der Waals surface area contributed by atoms with E-state index in [1.807, 2.05) is 0 Å². The van der Waals surface area contributed by atoms with Gasteiger partial charge in [-0.3, -0.25) is 0 Å². The van der Waals surface area contributed by atoms with Crippen LogP contribution < -0.4 is 10.1 Å². The maximum atomic E-state index is 5.62. The highest BCUT2D eigenvalue weighted by molar-refractivity contribution is 6.29. The number of hydrogen-bond donors (Lipinski definition) is 1. The Bertz CT molecular complexity index is 350. The fourth-order valence-corrected chi connectivity index (χ4v) is 2.23. The molecule has 2 aliphatic rings. The van der Waals surface area contributed by atoms with Crippen molar-refractivity contribution in [3.05, 3.63) is 17.3 Å². The molecule has 0 radical (unpaired) electrons. The number of halogens is 2. The Morgan fingerprint density at radius 1 is 1.38 bits per heavy atom. The molecule has 3 atom stereocenters. The van der Waals surface area contributed by atoms with Crippen LogP contribution in [-0.2, 0) is 0 Å². The van der Waals surface area contributed by atoms with E-state index in [4.69, 9.17) is 16.3 Å². The van der Waals surface area contributed by atoms with Crippen LogP contribution in [0.2, 0.25) is 5.15 Å². The lowest BCUT2D eigenvalue weighted by Gasteiger charge is -2.13. The smallest absolute Gasteiger partial charge is 0.233 e. The normalized spacial score (nSPS) is 30.4. The van der Waals surface area contributed by atoms with Crippen molar-refractivity contribution in [2.24, 2.45) is 5.92 Å². The number of fused-ring (bicyclic) bond motifs is 1. The first-order valence-electron chi connectivity index (χ1n) is 5.19. The largest absolute Gasteiger partial charge is 0.475 e. The van der Waals surface area contributed by atoms with Gasteiger partial charge in [-0.25, -0.2) is 0 Å². The molecule has 1 aliphatic carbocycles. The second-order valence-electron chi connectivity index (χ2n) is 4.21. The van der Waals surface area contributed by atoms with E-state index in [1.54, 1.807) is 12.1 Å². The summed E-state index contributed by atoms with van der Waals surface area (Å²) in [7, 11) is 0. The molecule has 0 aromatic carbocycles. The highest BCUT2D eigenvalue weighted by Crippen LogP contribution is 2.40. The van der Waals surface area contributed by atoms with E-state index >= 15 is 0 Å². The maximum Gasteiger partial charge on any atom is 0.233 e. The van der Waals surface area contributed by atoms with Gasteiger partial charge in [-0.05, 0) is 24.8 Å². The molecule has 1 saturated heterocycles. The summed E-state index contributed by atoms with van der Waals surface area (Å²) in [5.41, 5.74) is 0. The van der Waals surface area contributed by atoms with Crippen LogP contribution in [0.4, 0.5) is 0 Å². The summed E-state index contributed by atoms with van der Waals surface area (Å²) in [5.74, 6) is 1.44. The molecule has 1 saturated carbocycles. The number of rotatable bonds is 3. The van der Waals surface area contributed by atoms with E-state index in [9.17, 15) is 0 Å². The van der Waals surface area contributed by atoms with Crippen LogP contribution in [0.5, 0.6) is 5.88 Å². The summed E-state index contributed by atoms with van der Waals surface area (Å²) in [6.07, 6.45) is 2.57. The fourth-order valence-electron chi connectivity index (χ4n) is 2.13. The van der Waals surface area contributed by atoms with Crippen molar-refractivity contribution in [1.29, 1.82) is 0 Å². The molecule has 1 N–H and O–H groups in total. The number of ether oxygens (including phenoxy) is 1. The third-order valence-electron chi connectivity index (χ3n) is 3.00. The predicted molar refractivity (Wildman–Crippen MR) is 63.2 cm³/mol. The standard InChI is InChI=1S/C10H12ClN3O.ClH/c11-9-1-2-10(14-13-9)15-5-7-3-6-4-8(6)12-7;/h1-2,6-8,12H,3-5H2;1H/t6-,7-,8+;/m0./s1. The lowest BCUT2D eigenvalue weighted by molar-refractivity contribution is 0.256. The first kappa shape index (κ1) is 11.9. The molecule has 16 heavy (non-hydrogen) atoms. The van der Waals surface area contributed by atoms with Crippen LogP contribution in [0, 0.1) is 5.92 Å². The van der Waals surface area contributed by atoms with Crippen molar-refractivity contribution < 1.29 is 4.74 Å². The van der Waals surface area contributed by atoms with Gasteiger partial charge in [0.25, 0.3) is 0 Å². The fraction of sp³-hybridized carbons (Fsp3) is 0.600. The molecule has 2 fully saturated rings. The minimum atomic E-state index is 0. The molecule has 3 rings (SSSR count). The second-order valence-corrected chi connectivity index (χ2v) is 4.59. The minimum absolute atomic E-state index is 0. The monoisotopic (exact) mass is 261 g/mol. The van der Waals surface area contributed by atoms with Gasteiger partial charge in [0.05, 0.1) is 0 Å². The van der Waals surface area contributed by atoms with Gasteiger partial charge in [-0.2, -0.15) is 0 Å². The highest BCUT2D eigenvalue weighted by Gasteiger charge is 2.45. The van der Waals surface area contributed by atoms with Gasteiger partial charge in [-0.15, -0.1) is 22.6 Å². The summed E-state index contributed by atoms with van der Waals surface area (Å²) in [4.78, 5) is 0. The van der Waals surface area contributed by atoms with Crippen LogP contribution >= 0.6 is 24.0 Å². The van der Waals surface area contributed by atoms with E-state index in [2.05, 4.69) is 15.5 Å². The zero-order valence-electron chi connectivity index (χ0n) is 8.60. The van der Waals surface area contributed by atoms with E-state index in [0.29, 0.717) is 23.7 Å². The van der Waals surface area contributed by atoms with Crippen molar-refractivity contribution in [3.63, 3.8) is 0 Å². The van der Waals surface area contributed by atoms with Gasteiger partial charge < -0.3 is 10.1 Å². The first-order chi connectivity index (χ1) is 7.31. The molecule has 1 aliphatic heterocycles. The molecule has 88 valence electrons. The molecule has 0 bridgehead atoms. The van der Waals surface area contributed by atoms with Gasteiger partial charge >= 0.3 is 0 Å². The van der Waals surface area contributed by atoms with E-state index in [-0.39, 0.29) is 12.4 Å². The Morgan fingerprint density at radius 2 is 2.25 bits per heavy atom. The van der Waals surface area contributed by atoms with Crippen LogP contribution in [0.3, 0.4) is 0 Å². The zero-order valence-corrected chi connectivity index (χ0v) is 10.2. The van der Waals surface area contributed by atoms with E-state index < -0.39 is 0 Å². The summed E-state index contributed by atoms with van der Waals surface area (Å²) in [6, 6.07) is 4.66. The zero-order chi connectivity index (χ0) is 10.3. The Balaban J connectivity index is 0.000000963. The Hall–Kier alpha value is -0.580. The lowest BCUT2D eigenvalue weighted by Crippen LogP contribution is -2.31. The number of nitrogens with one attached hydrogen (secondary N) is 1. The molecule has 1 aromatic heterocycles. The molecule has 4 nitrogen and oxygen atoms in total. The molecular weight excluding hydrogens is 249 g/mol. The summed E-state index contributed by atoms with van der Waals surface area (Å²) >= 11 is 5.62. The number of piperidine rings is 1. The molecule has 1 aromatic rings. The second kappa shape index (κ2) is 4.73. The minimum Gasteiger partial charge on any atom is -0.475 e. The van der Waals surface area contributed by atoms with Gasteiger partial charge in [-0.1, -0.05) is 11.6 Å². The van der Waals surface area contributed by atoms with Crippen LogP contribution in [-0.4, -0.2) is 28.9 Å². The molecular formula is C10H13Cl2N3O. The quantitative estimate of drug-likeness (QED) is 0.900. The van der Waals surface area contributed by atoms with Crippen LogP contribution in [0.1, 0.15) is 12.8 Å². The van der Waals surface area contributed by atoms with E-state index in [1.165, 1.54) is 12.8 Å². The van der Waals surface area contributed by atoms with Crippen molar-refractivity contribution in [2.75, 3.05) is 6.61 Å². The Kier molecular flexibility index (Phi) is 3.52.